The number of hydrogen-bond donors (Lipinski definition) is 2. The smallest absolute Gasteiger partial charge is 0.417 e. The van der Waals surface area contributed by atoms with Crippen LogP contribution in [0.15, 0.2) is 30.4 Å². The second-order valence-electron chi connectivity index (χ2n) is 12.3. The zero-order valence-corrected chi connectivity index (χ0v) is 28.0. The molecular weight excluding hydrogens is 687 g/mol. The van der Waals surface area contributed by atoms with E-state index in [9.17, 15) is 31.6 Å². The molecule has 1 unspecified atom stereocenters. The number of ether oxygens (including phenoxy) is 1. The van der Waals surface area contributed by atoms with Crippen LogP contribution in [-0.2, 0) is 6.18 Å². The summed E-state index contributed by atoms with van der Waals surface area (Å²) in [5.74, 6) is -2.34. The summed E-state index contributed by atoms with van der Waals surface area (Å²) in [6, 6.07) is 3.25. The fraction of sp³-hybridized carbons (Fsp3) is 0.441. The molecule has 2 aromatic heterocycles. The molecule has 0 aliphatic carbocycles. The van der Waals surface area contributed by atoms with Crippen molar-refractivity contribution in [1.82, 2.24) is 20.2 Å². The number of aromatic nitrogens is 2. The summed E-state index contributed by atoms with van der Waals surface area (Å²) >= 11 is 0.671. The summed E-state index contributed by atoms with van der Waals surface area (Å²) in [6.07, 6.45) is -2.70. The predicted molar refractivity (Wildman–Crippen MR) is 178 cm³/mol. The normalized spacial score (nSPS) is 18.9. The van der Waals surface area contributed by atoms with Gasteiger partial charge in [-0.25, -0.2) is 8.78 Å². The third-order valence-electron chi connectivity index (χ3n) is 9.51. The monoisotopic (exact) mass is 721 g/mol. The number of halogens is 7. The van der Waals surface area contributed by atoms with E-state index in [4.69, 9.17) is 10.5 Å². The SMILES string of the molecule is CC.N#Cc1c(N)sc2c(F)ccc(-c3c(C(F)(F)F)cc4c(N5CCNC(C=C(F)F)C5)nc(OCC56CCCN5CCC6)nc4c3F)c12. The minimum atomic E-state index is -5.13. The van der Waals surface area contributed by atoms with Crippen LogP contribution in [0, 0.1) is 23.0 Å². The molecule has 8 nitrogen and oxygen atoms in total. The largest absolute Gasteiger partial charge is 0.461 e. The molecule has 0 amide bonds. The summed E-state index contributed by atoms with van der Waals surface area (Å²) < 4.78 is 109. The van der Waals surface area contributed by atoms with Crippen molar-refractivity contribution in [2.45, 2.75) is 57.3 Å². The second kappa shape index (κ2) is 13.8. The fourth-order valence-electron chi connectivity index (χ4n) is 7.39. The zero-order chi connectivity index (χ0) is 36.0. The molecule has 4 aromatic rings. The number of piperazine rings is 1. The first-order valence-electron chi connectivity index (χ1n) is 16.3. The molecule has 50 heavy (non-hydrogen) atoms. The van der Waals surface area contributed by atoms with Crippen LogP contribution in [0.25, 0.3) is 32.1 Å². The summed E-state index contributed by atoms with van der Waals surface area (Å²) in [5, 5.41) is 12.0. The molecule has 1 atom stereocenters. The molecule has 0 bridgehead atoms. The van der Waals surface area contributed by atoms with Gasteiger partial charge in [-0.05, 0) is 62.5 Å². The minimum absolute atomic E-state index is 0.108. The van der Waals surface area contributed by atoms with E-state index in [0.717, 1.165) is 50.9 Å². The molecule has 0 saturated carbocycles. The van der Waals surface area contributed by atoms with Crippen molar-refractivity contribution >= 4 is 43.1 Å². The number of nitrogens with zero attached hydrogens (tertiary/aromatic N) is 5. The number of benzene rings is 2. The molecule has 266 valence electrons. The Morgan fingerprint density at radius 3 is 2.54 bits per heavy atom. The van der Waals surface area contributed by atoms with Crippen molar-refractivity contribution < 1.29 is 35.5 Å². The quantitative estimate of drug-likeness (QED) is 0.194. The number of nitrogens with two attached hydrogens (primary N) is 1. The first-order valence-corrected chi connectivity index (χ1v) is 17.1. The Kier molecular flexibility index (Phi) is 9.86. The van der Waals surface area contributed by atoms with Gasteiger partial charge in [0, 0.05) is 42.0 Å². The van der Waals surface area contributed by atoms with E-state index < -0.39 is 46.6 Å². The highest BCUT2D eigenvalue weighted by molar-refractivity contribution is 7.23. The lowest BCUT2D eigenvalue weighted by molar-refractivity contribution is -0.137. The van der Waals surface area contributed by atoms with Gasteiger partial charge in [0.05, 0.1) is 21.4 Å². The van der Waals surface area contributed by atoms with Crippen LogP contribution < -0.4 is 20.7 Å². The molecule has 16 heteroatoms. The summed E-state index contributed by atoms with van der Waals surface area (Å²) in [6.45, 7) is 6.21. The summed E-state index contributed by atoms with van der Waals surface area (Å²) in [7, 11) is 0. The molecule has 2 aromatic carbocycles. The van der Waals surface area contributed by atoms with Crippen LogP contribution in [-0.4, -0.2) is 65.8 Å². The van der Waals surface area contributed by atoms with Crippen molar-refractivity contribution in [3.63, 3.8) is 0 Å². The number of alkyl halides is 3. The van der Waals surface area contributed by atoms with Crippen molar-refractivity contribution in [1.29, 1.82) is 5.26 Å². The average Bonchev–Trinajstić information content (AvgIpc) is 3.77. The molecule has 3 fully saturated rings. The number of anilines is 2. The maximum atomic E-state index is 16.9. The van der Waals surface area contributed by atoms with Gasteiger partial charge in [0.2, 0.25) is 0 Å². The number of hydrogen-bond acceptors (Lipinski definition) is 9. The molecule has 0 radical (unpaired) electrons. The first kappa shape index (κ1) is 35.6. The second-order valence-corrected chi connectivity index (χ2v) is 13.3. The van der Waals surface area contributed by atoms with E-state index in [1.807, 2.05) is 13.8 Å². The van der Waals surface area contributed by atoms with Crippen LogP contribution >= 0.6 is 11.3 Å². The van der Waals surface area contributed by atoms with Gasteiger partial charge >= 0.3 is 12.2 Å². The minimum Gasteiger partial charge on any atom is -0.461 e. The van der Waals surface area contributed by atoms with Crippen LogP contribution in [0.5, 0.6) is 6.01 Å². The maximum absolute atomic E-state index is 16.9. The Morgan fingerprint density at radius 1 is 1.16 bits per heavy atom. The molecule has 3 N–H and O–H groups in total. The molecule has 3 saturated heterocycles. The van der Waals surface area contributed by atoms with E-state index in [-0.39, 0.29) is 75.2 Å². The molecule has 3 aliphatic heterocycles. The summed E-state index contributed by atoms with van der Waals surface area (Å²) in [4.78, 5) is 12.6. The Labute approximate surface area is 287 Å². The van der Waals surface area contributed by atoms with E-state index in [1.54, 1.807) is 6.07 Å². The Bertz CT molecular complexity index is 1990. The highest BCUT2D eigenvalue weighted by atomic mass is 32.1. The zero-order valence-electron chi connectivity index (χ0n) is 27.2. The first-order chi connectivity index (χ1) is 23.9. The number of nitriles is 1. The van der Waals surface area contributed by atoms with E-state index in [0.29, 0.717) is 23.5 Å². The lowest BCUT2D eigenvalue weighted by Crippen LogP contribution is -2.50. The van der Waals surface area contributed by atoms with Gasteiger partial charge in [0.25, 0.3) is 6.08 Å². The van der Waals surface area contributed by atoms with Gasteiger partial charge < -0.3 is 20.7 Å². The average molecular weight is 722 g/mol. The predicted octanol–water partition coefficient (Wildman–Crippen LogP) is 7.85. The van der Waals surface area contributed by atoms with Gasteiger partial charge in [-0.1, -0.05) is 19.9 Å². The van der Waals surface area contributed by atoms with Gasteiger partial charge in [-0.2, -0.15) is 37.2 Å². The lowest BCUT2D eigenvalue weighted by atomic mass is 9.92. The number of fused-ring (bicyclic) bond motifs is 3. The van der Waals surface area contributed by atoms with E-state index >= 15 is 4.39 Å². The Hall–Kier alpha value is -4.20. The maximum Gasteiger partial charge on any atom is 0.417 e. The Morgan fingerprint density at radius 2 is 1.88 bits per heavy atom. The lowest BCUT2D eigenvalue weighted by Gasteiger charge is -2.34. The molecule has 0 spiro atoms. The van der Waals surface area contributed by atoms with Crippen molar-refractivity contribution in [2.75, 3.05) is 50.0 Å². The van der Waals surface area contributed by atoms with Crippen LogP contribution in [0.3, 0.4) is 0 Å². The third kappa shape index (κ3) is 6.31. The van der Waals surface area contributed by atoms with Crippen molar-refractivity contribution in [2.24, 2.45) is 0 Å². The van der Waals surface area contributed by atoms with Gasteiger partial charge in [-0.3, -0.25) is 4.90 Å². The van der Waals surface area contributed by atoms with E-state index in [2.05, 4.69) is 20.2 Å². The number of thiophene rings is 1. The van der Waals surface area contributed by atoms with Gasteiger partial charge in [0.15, 0.2) is 5.82 Å². The summed E-state index contributed by atoms with van der Waals surface area (Å²) in [5.41, 5.74) is 2.13. The molecule has 5 heterocycles. The highest BCUT2D eigenvalue weighted by Gasteiger charge is 2.45. The Balaban J connectivity index is 0.00000212. The highest BCUT2D eigenvalue weighted by Crippen LogP contribution is 2.48. The van der Waals surface area contributed by atoms with Gasteiger partial charge in [0.1, 0.15) is 34.8 Å². The van der Waals surface area contributed by atoms with Crippen molar-refractivity contribution in [3.8, 4) is 23.2 Å². The topological polar surface area (TPSA) is 103 Å². The number of nitrogen functional groups attached to an aromatic ring is 1. The molecule has 3 aliphatic rings. The fourth-order valence-corrected chi connectivity index (χ4v) is 8.34. The van der Waals surface area contributed by atoms with E-state index in [1.165, 1.54) is 4.90 Å². The van der Waals surface area contributed by atoms with Crippen LogP contribution in [0.1, 0.15) is 50.7 Å². The molecule has 7 rings (SSSR count). The van der Waals surface area contributed by atoms with Gasteiger partial charge in [-0.15, -0.1) is 11.3 Å². The van der Waals surface area contributed by atoms with Crippen LogP contribution in [0.2, 0.25) is 0 Å². The number of rotatable bonds is 6. The van der Waals surface area contributed by atoms with Crippen molar-refractivity contribution in [3.05, 3.63) is 53.1 Å². The standard InChI is InChI=1S/C32H28F7N7OS.C2H6/c33-21-4-3-17(23-19(13-40)28(41)48-27(21)23)24-20(32(37,38)39)12-18-26(25(24)36)43-30(47-15-31-5-1-8-46(31)9-2-6-31)44-29(18)45-10-7-42-16(14-45)11-22(34)35;1-2/h3-4,11-12,16,42H,1-2,5-10,14-15,41H2;1-2H3. The van der Waals surface area contributed by atoms with Crippen LogP contribution in [0.4, 0.5) is 41.6 Å². The molecular formula is C34H34F7N7OS. The number of nitrogens with one attached hydrogen (secondary N) is 1. The third-order valence-corrected chi connectivity index (χ3v) is 10.5.